The van der Waals surface area contributed by atoms with Gasteiger partial charge in [0, 0.05) is 0 Å². The van der Waals surface area contributed by atoms with E-state index in [1.165, 1.54) is 30.5 Å². The Hall–Kier alpha value is -2.07. The molecule has 1 aliphatic rings. The second-order valence-electron chi connectivity index (χ2n) is 6.03. The van der Waals surface area contributed by atoms with E-state index in [2.05, 4.69) is 10.2 Å². The van der Waals surface area contributed by atoms with E-state index in [1.54, 1.807) is 0 Å². The summed E-state index contributed by atoms with van der Waals surface area (Å²) in [7, 11) is 0. The molecule has 0 radical (unpaired) electrons. The molecule has 3 rings (SSSR count). The Labute approximate surface area is 152 Å². The lowest BCUT2D eigenvalue weighted by atomic mass is 10.1. The maximum atomic E-state index is 13.3. The Kier molecular flexibility index (Phi) is 5.52. The van der Waals surface area contributed by atoms with Crippen molar-refractivity contribution in [1.29, 1.82) is 0 Å². The lowest BCUT2D eigenvalue weighted by molar-refractivity contribution is -0.147. The molecule has 2 heterocycles. The average Bonchev–Trinajstić information content (AvgIpc) is 2.92. The van der Waals surface area contributed by atoms with Crippen LogP contribution in [-0.2, 0) is 12.8 Å². The zero-order valence-electron chi connectivity index (χ0n) is 13.8. The highest BCUT2D eigenvalue weighted by atomic mass is 32.1. The van der Waals surface area contributed by atoms with Crippen LogP contribution < -0.4 is 0 Å². The standard InChI is InChI=1S/C16H17F4N5S/c17-13-6-4-12(5-7-13)10-21-25-14(16(18,19)20)22-24(15(25)26)11-23-8-2-1-3-9-23/h4-7,10H,1-3,8-9,11H2/b21-10+. The van der Waals surface area contributed by atoms with Crippen LogP contribution in [0.4, 0.5) is 17.6 Å². The number of halogens is 4. The van der Waals surface area contributed by atoms with Crippen LogP contribution in [0.5, 0.6) is 0 Å². The minimum Gasteiger partial charge on any atom is -0.284 e. The van der Waals surface area contributed by atoms with E-state index in [9.17, 15) is 17.6 Å². The lowest BCUT2D eigenvalue weighted by Gasteiger charge is -2.25. The minimum atomic E-state index is -4.69. The van der Waals surface area contributed by atoms with Gasteiger partial charge in [-0.1, -0.05) is 18.6 Å². The number of rotatable bonds is 4. The number of piperidine rings is 1. The van der Waals surface area contributed by atoms with E-state index >= 15 is 0 Å². The summed E-state index contributed by atoms with van der Waals surface area (Å²) in [5.74, 6) is -1.62. The quantitative estimate of drug-likeness (QED) is 0.454. The first-order valence-electron chi connectivity index (χ1n) is 8.14. The first-order valence-corrected chi connectivity index (χ1v) is 8.55. The number of alkyl halides is 3. The molecule has 0 spiro atoms. The molecule has 0 saturated carbocycles. The molecule has 1 aromatic heterocycles. The van der Waals surface area contributed by atoms with Gasteiger partial charge in [-0.05, 0) is 55.8 Å². The summed E-state index contributed by atoms with van der Waals surface area (Å²) >= 11 is 5.15. The SMILES string of the molecule is Fc1ccc(/C=N/n2c(C(F)(F)F)nn(CN3CCCCC3)c2=S)cc1. The van der Waals surface area contributed by atoms with Gasteiger partial charge in [-0.2, -0.15) is 22.9 Å². The van der Waals surface area contributed by atoms with E-state index in [-0.39, 0.29) is 11.4 Å². The first kappa shape index (κ1) is 18.7. The first-order chi connectivity index (χ1) is 12.3. The van der Waals surface area contributed by atoms with Crippen molar-refractivity contribution >= 4 is 18.4 Å². The van der Waals surface area contributed by atoms with Crippen LogP contribution in [0, 0.1) is 10.6 Å². The molecule has 2 aromatic rings. The van der Waals surface area contributed by atoms with Crippen LogP contribution in [0.1, 0.15) is 30.7 Å². The van der Waals surface area contributed by atoms with Gasteiger partial charge in [-0.15, -0.1) is 5.10 Å². The van der Waals surface area contributed by atoms with E-state index in [1.807, 2.05) is 4.90 Å². The van der Waals surface area contributed by atoms with Crippen LogP contribution in [0.3, 0.4) is 0 Å². The van der Waals surface area contributed by atoms with Gasteiger partial charge in [-0.25, -0.2) is 9.07 Å². The fourth-order valence-electron chi connectivity index (χ4n) is 2.74. The fourth-order valence-corrected chi connectivity index (χ4v) is 2.97. The molecule has 140 valence electrons. The van der Waals surface area contributed by atoms with Gasteiger partial charge < -0.3 is 0 Å². The molecule has 0 N–H and O–H groups in total. The smallest absolute Gasteiger partial charge is 0.284 e. The van der Waals surface area contributed by atoms with Crippen molar-refractivity contribution in [2.45, 2.75) is 32.1 Å². The number of benzene rings is 1. The molecule has 0 unspecified atom stereocenters. The predicted octanol–water partition coefficient (Wildman–Crippen LogP) is 3.90. The third kappa shape index (κ3) is 4.36. The van der Waals surface area contributed by atoms with Crippen molar-refractivity contribution in [3.05, 3.63) is 46.2 Å². The van der Waals surface area contributed by atoms with Crippen LogP contribution in [-0.4, -0.2) is 38.7 Å². The Morgan fingerprint density at radius 2 is 1.77 bits per heavy atom. The zero-order chi connectivity index (χ0) is 18.7. The normalized spacial score (nSPS) is 16.5. The molecular formula is C16H17F4N5S. The van der Waals surface area contributed by atoms with Gasteiger partial charge >= 0.3 is 6.18 Å². The summed E-state index contributed by atoms with van der Waals surface area (Å²) in [6, 6.07) is 5.22. The minimum absolute atomic E-state index is 0.138. The largest absolute Gasteiger partial charge is 0.453 e. The monoisotopic (exact) mass is 387 g/mol. The van der Waals surface area contributed by atoms with Gasteiger partial charge in [0.25, 0.3) is 5.82 Å². The molecule has 5 nitrogen and oxygen atoms in total. The molecule has 0 amide bonds. The topological polar surface area (TPSA) is 38.4 Å². The molecule has 1 aliphatic heterocycles. The van der Waals surface area contributed by atoms with E-state index < -0.39 is 17.8 Å². The van der Waals surface area contributed by atoms with Crippen molar-refractivity contribution in [3.8, 4) is 0 Å². The van der Waals surface area contributed by atoms with Crippen LogP contribution in [0.15, 0.2) is 29.4 Å². The molecule has 0 atom stereocenters. The third-order valence-electron chi connectivity index (χ3n) is 4.05. The van der Waals surface area contributed by atoms with Gasteiger partial charge in [0.05, 0.1) is 12.9 Å². The summed E-state index contributed by atoms with van der Waals surface area (Å²) in [5, 5.41) is 7.47. The number of hydrogen-bond acceptors (Lipinski definition) is 4. The lowest BCUT2D eigenvalue weighted by Crippen LogP contribution is -2.32. The highest BCUT2D eigenvalue weighted by molar-refractivity contribution is 7.71. The van der Waals surface area contributed by atoms with Crippen molar-refractivity contribution in [1.82, 2.24) is 19.4 Å². The molecule has 0 bridgehead atoms. The van der Waals surface area contributed by atoms with E-state index in [0.717, 1.165) is 37.0 Å². The van der Waals surface area contributed by atoms with Crippen LogP contribution >= 0.6 is 12.2 Å². The van der Waals surface area contributed by atoms with Crippen molar-refractivity contribution in [3.63, 3.8) is 0 Å². The molecule has 26 heavy (non-hydrogen) atoms. The van der Waals surface area contributed by atoms with Crippen molar-refractivity contribution in [2.75, 3.05) is 13.1 Å². The molecule has 1 fully saturated rings. The van der Waals surface area contributed by atoms with E-state index in [0.29, 0.717) is 10.2 Å². The second kappa shape index (κ2) is 7.67. The summed E-state index contributed by atoms with van der Waals surface area (Å²) in [5.41, 5.74) is 0.449. The van der Waals surface area contributed by atoms with Crippen molar-refractivity contribution in [2.24, 2.45) is 5.10 Å². The summed E-state index contributed by atoms with van der Waals surface area (Å²) < 4.78 is 54.5. The second-order valence-corrected chi connectivity index (χ2v) is 6.40. The van der Waals surface area contributed by atoms with Crippen LogP contribution in [0.2, 0.25) is 0 Å². The predicted molar refractivity (Wildman–Crippen MR) is 90.9 cm³/mol. The molecule has 1 saturated heterocycles. The Morgan fingerprint density at radius 3 is 2.38 bits per heavy atom. The summed E-state index contributed by atoms with van der Waals surface area (Å²) in [4.78, 5) is 2.01. The zero-order valence-corrected chi connectivity index (χ0v) is 14.6. The maximum absolute atomic E-state index is 13.3. The van der Waals surface area contributed by atoms with E-state index in [4.69, 9.17) is 12.2 Å². The summed E-state index contributed by atoms with van der Waals surface area (Å²) in [6.07, 6.45) is -0.379. The van der Waals surface area contributed by atoms with Gasteiger partial charge in [0.15, 0.2) is 0 Å². The molecular weight excluding hydrogens is 370 g/mol. The van der Waals surface area contributed by atoms with Gasteiger partial charge in [0.1, 0.15) is 5.82 Å². The molecule has 1 aromatic carbocycles. The Morgan fingerprint density at radius 1 is 1.12 bits per heavy atom. The summed E-state index contributed by atoms with van der Waals surface area (Å²) in [6.45, 7) is 1.80. The maximum Gasteiger partial charge on any atom is 0.453 e. The number of nitrogens with zero attached hydrogens (tertiary/aromatic N) is 5. The molecule has 0 aliphatic carbocycles. The average molecular weight is 387 g/mol. The van der Waals surface area contributed by atoms with Crippen molar-refractivity contribution < 1.29 is 17.6 Å². The van der Waals surface area contributed by atoms with Gasteiger partial charge in [-0.3, -0.25) is 4.90 Å². The van der Waals surface area contributed by atoms with Crippen LogP contribution in [0.25, 0.3) is 0 Å². The number of hydrogen-bond donors (Lipinski definition) is 0. The fraction of sp³-hybridized carbons (Fsp3) is 0.438. The Balaban J connectivity index is 1.91. The third-order valence-corrected chi connectivity index (χ3v) is 4.43. The van der Waals surface area contributed by atoms with Gasteiger partial charge in [0.2, 0.25) is 4.77 Å². The Bertz CT molecular complexity index is 832. The molecule has 10 heteroatoms. The highest BCUT2D eigenvalue weighted by Crippen LogP contribution is 2.28. The highest BCUT2D eigenvalue weighted by Gasteiger charge is 2.38. The number of likely N-dealkylation sites (tertiary alicyclic amines) is 1. The number of aromatic nitrogens is 3.